The number of halogens is 2. The van der Waals surface area contributed by atoms with Gasteiger partial charge in [0.1, 0.15) is 0 Å². The molecule has 0 radical (unpaired) electrons. The van der Waals surface area contributed by atoms with Crippen LogP contribution < -0.4 is 0 Å². The Bertz CT molecular complexity index is 832. The Labute approximate surface area is 156 Å². The molecule has 2 atom stereocenters. The van der Waals surface area contributed by atoms with Gasteiger partial charge in [-0.15, -0.1) is 0 Å². The minimum atomic E-state index is -0.713. The number of nitrogens with zero attached hydrogens (tertiary/aromatic N) is 3. The molecule has 0 spiro atoms. The van der Waals surface area contributed by atoms with Gasteiger partial charge in [0.25, 0.3) is 0 Å². The molecule has 1 aromatic heterocycles. The Kier molecular flexibility index (Phi) is 5.18. The topological polar surface area (TPSA) is 58.4 Å². The second-order valence-corrected chi connectivity index (χ2v) is 6.87. The van der Waals surface area contributed by atoms with Crippen molar-refractivity contribution in [3.8, 4) is 0 Å². The van der Waals surface area contributed by atoms with Crippen molar-refractivity contribution in [2.75, 3.05) is 7.05 Å². The van der Waals surface area contributed by atoms with E-state index in [0.717, 1.165) is 23.4 Å². The molecule has 1 heterocycles. The average molecular weight is 380 g/mol. The van der Waals surface area contributed by atoms with E-state index >= 15 is 0 Å². The maximum absolute atomic E-state index is 12.6. The number of amides is 1. The van der Waals surface area contributed by atoms with E-state index in [1.165, 1.54) is 11.0 Å². The number of carbonyl (C=O) groups is 1. The number of rotatable bonds is 4. The van der Waals surface area contributed by atoms with Crippen LogP contribution in [0.5, 0.6) is 0 Å². The number of aromatic nitrogens is 2. The standard InChI is InChI=1S/C18H19Cl2N3O2/c1-3-23-12(6-7-21-23)4-5-17(25)22(2)18-14-8-11(19)9-15(20)13(14)10-16(18)24/h4-9,16,18,24H,3,10H2,1-2H3. The van der Waals surface area contributed by atoms with Gasteiger partial charge in [0.2, 0.25) is 5.91 Å². The van der Waals surface area contributed by atoms with Crippen molar-refractivity contribution in [1.29, 1.82) is 0 Å². The van der Waals surface area contributed by atoms with E-state index in [1.807, 2.05) is 13.0 Å². The van der Waals surface area contributed by atoms with Crippen LogP contribution in [0.15, 0.2) is 30.5 Å². The SMILES string of the molecule is CCn1nccc1C=CC(=O)N(C)C1c2cc(Cl)cc(Cl)c2CC1O. The predicted octanol–water partition coefficient (Wildman–Crippen LogP) is 3.34. The van der Waals surface area contributed by atoms with Gasteiger partial charge in [0.15, 0.2) is 0 Å². The summed E-state index contributed by atoms with van der Waals surface area (Å²) in [6.45, 7) is 2.71. The molecule has 2 aromatic rings. The van der Waals surface area contributed by atoms with Crippen LogP contribution in [0.3, 0.4) is 0 Å². The third kappa shape index (κ3) is 3.45. The molecule has 2 unspecified atom stereocenters. The zero-order chi connectivity index (χ0) is 18.1. The molecule has 1 N–H and O–H groups in total. The van der Waals surface area contributed by atoms with Crippen molar-refractivity contribution in [2.24, 2.45) is 0 Å². The van der Waals surface area contributed by atoms with Crippen LogP contribution in [0.4, 0.5) is 0 Å². The van der Waals surface area contributed by atoms with Crippen LogP contribution in [-0.2, 0) is 17.8 Å². The number of benzene rings is 1. The molecule has 1 aliphatic carbocycles. The molecule has 1 amide bonds. The van der Waals surface area contributed by atoms with Gasteiger partial charge in [-0.25, -0.2) is 0 Å². The minimum absolute atomic E-state index is 0.211. The van der Waals surface area contributed by atoms with E-state index in [2.05, 4.69) is 5.10 Å². The normalized spacial score (nSPS) is 19.4. The quantitative estimate of drug-likeness (QED) is 0.828. The van der Waals surface area contributed by atoms with Crippen molar-refractivity contribution in [1.82, 2.24) is 14.7 Å². The Morgan fingerprint density at radius 2 is 2.24 bits per heavy atom. The fourth-order valence-electron chi connectivity index (χ4n) is 3.26. The van der Waals surface area contributed by atoms with E-state index < -0.39 is 12.1 Å². The largest absolute Gasteiger partial charge is 0.390 e. The summed E-state index contributed by atoms with van der Waals surface area (Å²) in [6, 6.07) is 4.79. The maximum atomic E-state index is 12.6. The Morgan fingerprint density at radius 1 is 1.48 bits per heavy atom. The van der Waals surface area contributed by atoms with Crippen LogP contribution >= 0.6 is 23.2 Å². The number of carbonyl (C=O) groups excluding carboxylic acids is 1. The maximum Gasteiger partial charge on any atom is 0.246 e. The third-order valence-electron chi connectivity index (χ3n) is 4.50. The highest BCUT2D eigenvalue weighted by Crippen LogP contribution is 2.40. The molecule has 0 saturated heterocycles. The summed E-state index contributed by atoms with van der Waals surface area (Å²) in [5.74, 6) is -0.211. The van der Waals surface area contributed by atoms with Crippen molar-refractivity contribution in [3.63, 3.8) is 0 Å². The van der Waals surface area contributed by atoms with Crippen LogP contribution in [0, 0.1) is 0 Å². The highest BCUT2D eigenvalue weighted by Gasteiger charge is 2.37. The molecule has 0 fully saturated rings. The van der Waals surface area contributed by atoms with Gasteiger partial charge in [-0.2, -0.15) is 5.10 Å². The van der Waals surface area contributed by atoms with E-state index in [-0.39, 0.29) is 5.91 Å². The highest BCUT2D eigenvalue weighted by atomic mass is 35.5. The Hall–Kier alpha value is -1.82. The molecule has 7 heteroatoms. The molecule has 25 heavy (non-hydrogen) atoms. The van der Waals surface area contributed by atoms with Gasteiger partial charge in [-0.3, -0.25) is 9.48 Å². The second kappa shape index (κ2) is 7.20. The Balaban J connectivity index is 1.84. The summed E-state index contributed by atoms with van der Waals surface area (Å²) in [5, 5.41) is 15.6. The fraction of sp³-hybridized carbons (Fsp3) is 0.333. The lowest BCUT2D eigenvalue weighted by atomic mass is 10.1. The van der Waals surface area contributed by atoms with Crippen molar-refractivity contribution < 1.29 is 9.90 Å². The fourth-order valence-corrected chi connectivity index (χ4v) is 3.84. The summed E-state index contributed by atoms with van der Waals surface area (Å²) in [4.78, 5) is 14.1. The molecule has 0 aliphatic heterocycles. The second-order valence-electron chi connectivity index (χ2n) is 6.03. The summed E-state index contributed by atoms with van der Waals surface area (Å²) in [5.41, 5.74) is 2.49. The van der Waals surface area contributed by atoms with Crippen LogP contribution in [-0.4, -0.2) is 38.8 Å². The number of fused-ring (bicyclic) bond motifs is 1. The van der Waals surface area contributed by atoms with Crippen LogP contribution in [0.25, 0.3) is 6.08 Å². The summed E-state index contributed by atoms with van der Waals surface area (Å²) in [7, 11) is 1.67. The van der Waals surface area contributed by atoms with E-state index in [0.29, 0.717) is 16.5 Å². The number of hydrogen-bond donors (Lipinski definition) is 1. The monoisotopic (exact) mass is 379 g/mol. The van der Waals surface area contributed by atoms with E-state index in [1.54, 1.807) is 36.1 Å². The number of aliphatic hydroxyl groups excluding tert-OH is 1. The predicted molar refractivity (Wildman–Crippen MR) is 98.6 cm³/mol. The summed E-state index contributed by atoms with van der Waals surface area (Å²) >= 11 is 12.3. The molecule has 0 saturated carbocycles. The number of aliphatic hydroxyl groups is 1. The lowest BCUT2D eigenvalue weighted by molar-refractivity contribution is -0.128. The molecular weight excluding hydrogens is 361 g/mol. The number of likely N-dealkylation sites (N-methyl/N-ethyl adjacent to an activating group) is 1. The molecule has 1 aromatic carbocycles. The lowest BCUT2D eigenvalue weighted by Crippen LogP contribution is -2.34. The molecule has 132 valence electrons. The molecule has 1 aliphatic rings. The first-order valence-corrected chi connectivity index (χ1v) is 8.80. The van der Waals surface area contributed by atoms with Gasteiger partial charge < -0.3 is 10.0 Å². The zero-order valence-corrected chi connectivity index (χ0v) is 15.5. The first-order valence-electron chi connectivity index (χ1n) is 8.05. The van der Waals surface area contributed by atoms with Crippen LogP contribution in [0.1, 0.15) is 29.8 Å². The van der Waals surface area contributed by atoms with Crippen molar-refractivity contribution >= 4 is 35.2 Å². The lowest BCUT2D eigenvalue weighted by Gasteiger charge is -2.27. The zero-order valence-electron chi connectivity index (χ0n) is 14.0. The molecular formula is C18H19Cl2N3O2. The van der Waals surface area contributed by atoms with Crippen LogP contribution in [0.2, 0.25) is 10.0 Å². The number of aryl methyl sites for hydroxylation is 1. The first-order chi connectivity index (χ1) is 11.9. The van der Waals surface area contributed by atoms with Gasteiger partial charge >= 0.3 is 0 Å². The Morgan fingerprint density at radius 3 is 2.96 bits per heavy atom. The third-order valence-corrected chi connectivity index (χ3v) is 5.06. The number of hydrogen-bond acceptors (Lipinski definition) is 3. The summed E-state index contributed by atoms with van der Waals surface area (Å²) < 4.78 is 1.79. The molecule has 0 bridgehead atoms. The van der Waals surface area contributed by atoms with Gasteiger partial charge in [0, 0.05) is 42.3 Å². The van der Waals surface area contributed by atoms with E-state index in [4.69, 9.17) is 23.2 Å². The highest BCUT2D eigenvalue weighted by molar-refractivity contribution is 6.35. The molecule has 5 nitrogen and oxygen atoms in total. The summed E-state index contributed by atoms with van der Waals surface area (Å²) in [6.07, 6.45) is 4.59. The van der Waals surface area contributed by atoms with Gasteiger partial charge in [-0.1, -0.05) is 23.2 Å². The first kappa shape index (κ1) is 18.0. The average Bonchev–Trinajstić information content (AvgIpc) is 3.15. The van der Waals surface area contributed by atoms with Gasteiger partial charge in [-0.05, 0) is 42.3 Å². The van der Waals surface area contributed by atoms with Gasteiger partial charge in [0.05, 0.1) is 17.8 Å². The smallest absolute Gasteiger partial charge is 0.246 e. The minimum Gasteiger partial charge on any atom is -0.390 e. The van der Waals surface area contributed by atoms with Crippen molar-refractivity contribution in [3.05, 3.63) is 57.3 Å². The van der Waals surface area contributed by atoms with Crippen molar-refractivity contribution in [2.45, 2.75) is 32.0 Å². The van der Waals surface area contributed by atoms with E-state index in [9.17, 15) is 9.90 Å². The molecule has 3 rings (SSSR count).